The molecule has 0 aliphatic carbocycles. The molecular weight excluding hydrogens is 308 g/mol. The molecule has 134 valence electrons. The molecule has 1 rings (SSSR count). The number of carboxylic acids is 1. The maximum Gasteiger partial charge on any atom is 0.326 e. The lowest BCUT2D eigenvalue weighted by molar-refractivity contribution is -0.142. The van der Waals surface area contributed by atoms with E-state index in [9.17, 15) is 14.7 Å². The molecule has 1 amide bonds. The third-order valence-corrected chi connectivity index (χ3v) is 3.58. The number of benzene rings is 1. The zero-order valence-electron chi connectivity index (χ0n) is 14.8. The van der Waals surface area contributed by atoms with E-state index in [0.29, 0.717) is 12.5 Å². The van der Waals surface area contributed by atoms with Gasteiger partial charge in [0.05, 0.1) is 12.6 Å². The number of hydrogen-bond donors (Lipinski definition) is 3. The van der Waals surface area contributed by atoms with Gasteiger partial charge in [-0.2, -0.15) is 0 Å². The average Bonchev–Trinajstić information content (AvgIpc) is 2.52. The molecule has 1 aromatic carbocycles. The van der Waals surface area contributed by atoms with E-state index in [1.165, 1.54) is 0 Å². The molecule has 0 fully saturated rings. The summed E-state index contributed by atoms with van der Waals surface area (Å²) >= 11 is 0. The Morgan fingerprint density at radius 3 is 2.21 bits per heavy atom. The number of carboxylic acid groups (broad SMARTS) is 1. The van der Waals surface area contributed by atoms with Gasteiger partial charge in [0.2, 0.25) is 5.91 Å². The highest BCUT2D eigenvalue weighted by atomic mass is 16.5. The summed E-state index contributed by atoms with van der Waals surface area (Å²) in [5.74, 6) is -0.419. The highest BCUT2D eigenvalue weighted by Gasteiger charge is 2.25. The molecule has 0 heterocycles. The van der Waals surface area contributed by atoms with Crippen LogP contribution in [0.25, 0.3) is 0 Å². The second-order valence-corrected chi connectivity index (χ2v) is 6.72. The fourth-order valence-electron chi connectivity index (χ4n) is 1.99. The third-order valence-electron chi connectivity index (χ3n) is 3.58. The second kappa shape index (κ2) is 9.27. The van der Waals surface area contributed by atoms with Gasteiger partial charge in [-0.15, -0.1) is 0 Å². The van der Waals surface area contributed by atoms with E-state index < -0.39 is 24.0 Å². The summed E-state index contributed by atoms with van der Waals surface area (Å²) in [5.41, 5.74) is 6.56. The van der Waals surface area contributed by atoms with Gasteiger partial charge in [-0.05, 0) is 29.5 Å². The van der Waals surface area contributed by atoms with E-state index in [-0.39, 0.29) is 12.3 Å². The van der Waals surface area contributed by atoms with Gasteiger partial charge in [0.25, 0.3) is 0 Å². The quantitative estimate of drug-likeness (QED) is 0.638. The van der Waals surface area contributed by atoms with Gasteiger partial charge in [0.1, 0.15) is 11.8 Å². The zero-order valence-corrected chi connectivity index (χ0v) is 14.8. The van der Waals surface area contributed by atoms with Gasteiger partial charge >= 0.3 is 5.97 Å². The molecule has 0 radical (unpaired) electrons. The van der Waals surface area contributed by atoms with Crippen molar-refractivity contribution in [3.05, 3.63) is 29.8 Å². The van der Waals surface area contributed by atoms with Crippen LogP contribution in [0.4, 0.5) is 0 Å². The first-order valence-electron chi connectivity index (χ1n) is 8.21. The second-order valence-electron chi connectivity index (χ2n) is 6.72. The number of ether oxygens (including phenoxy) is 1. The number of amides is 1. The molecule has 0 aromatic heterocycles. The van der Waals surface area contributed by atoms with E-state index in [4.69, 9.17) is 10.5 Å². The Balaban J connectivity index is 2.68. The van der Waals surface area contributed by atoms with Gasteiger partial charge in [0.15, 0.2) is 0 Å². The maximum absolute atomic E-state index is 12.0. The van der Waals surface area contributed by atoms with Crippen molar-refractivity contribution in [1.29, 1.82) is 0 Å². The molecule has 4 N–H and O–H groups in total. The minimum atomic E-state index is -1.08. The van der Waals surface area contributed by atoms with Crippen LogP contribution in [-0.4, -0.2) is 35.7 Å². The normalized spacial score (nSPS) is 13.6. The van der Waals surface area contributed by atoms with Crippen LogP contribution in [0, 0.1) is 11.8 Å². The van der Waals surface area contributed by atoms with E-state index in [1.54, 1.807) is 24.3 Å². The molecule has 24 heavy (non-hydrogen) atoms. The monoisotopic (exact) mass is 336 g/mol. The summed E-state index contributed by atoms with van der Waals surface area (Å²) in [6.07, 6.45) is 0.191. The molecule has 6 nitrogen and oxygen atoms in total. The largest absolute Gasteiger partial charge is 0.493 e. The fourth-order valence-corrected chi connectivity index (χ4v) is 1.99. The number of nitrogens with one attached hydrogen (secondary N) is 1. The molecular formula is C18H28N2O4. The highest BCUT2D eigenvalue weighted by molar-refractivity contribution is 5.87. The molecule has 0 aliphatic heterocycles. The molecule has 0 unspecified atom stereocenters. The Bertz CT molecular complexity index is 540. The van der Waals surface area contributed by atoms with Crippen LogP contribution < -0.4 is 15.8 Å². The van der Waals surface area contributed by atoms with Gasteiger partial charge in [-0.25, -0.2) is 4.79 Å². The third kappa shape index (κ3) is 6.58. The van der Waals surface area contributed by atoms with Gasteiger partial charge in [-0.1, -0.05) is 39.8 Å². The number of carbonyl (C=O) groups is 2. The van der Waals surface area contributed by atoms with E-state index >= 15 is 0 Å². The lowest BCUT2D eigenvalue weighted by atomic mass is 10.0. The summed E-state index contributed by atoms with van der Waals surface area (Å²) in [4.78, 5) is 23.4. The summed E-state index contributed by atoms with van der Waals surface area (Å²) in [7, 11) is 0. The molecule has 0 saturated carbocycles. The highest BCUT2D eigenvalue weighted by Crippen LogP contribution is 2.14. The number of nitrogens with two attached hydrogens (primary N) is 1. The minimum absolute atomic E-state index is 0.0585. The first-order valence-corrected chi connectivity index (χ1v) is 8.21. The Kier molecular flexibility index (Phi) is 7.71. The molecule has 2 atom stereocenters. The lowest BCUT2D eigenvalue weighted by Crippen LogP contribution is -2.51. The lowest BCUT2D eigenvalue weighted by Gasteiger charge is -2.20. The van der Waals surface area contributed by atoms with Crippen molar-refractivity contribution in [3.63, 3.8) is 0 Å². The van der Waals surface area contributed by atoms with Crippen molar-refractivity contribution in [2.24, 2.45) is 17.6 Å². The van der Waals surface area contributed by atoms with Gasteiger partial charge in [0, 0.05) is 6.42 Å². The van der Waals surface area contributed by atoms with Crippen molar-refractivity contribution in [2.75, 3.05) is 6.61 Å². The average molecular weight is 336 g/mol. The maximum atomic E-state index is 12.0. The summed E-state index contributed by atoms with van der Waals surface area (Å²) in [5, 5.41) is 11.8. The van der Waals surface area contributed by atoms with Crippen LogP contribution >= 0.6 is 0 Å². The Morgan fingerprint density at radius 1 is 1.17 bits per heavy atom. The molecule has 0 spiro atoms. The molecule has 1 aromatic rings. The van der Waals surface area contributed by atoms with Crippen molar-refractivity contribution < 1.29 is 19.4 Å². The summed E-state index contributed by atoms with van der Waals surface area (Å²) in [6.45, 7) is 8.39. The first-order chi connectivity index (χ1) is 11.2. The van der Waals surface area contributed by atoms with Crippen LogP contribution in [0.2, 0.25) is 0 Å². The number of hydrogen-bond acceptors (Lipinski definition) is 4. The topological polar surface area (TPSA) is 102 Å². The van der Waals surface area contributed by atoms with E-state index in [2.05, 4.69) is 19.2 Å². The Morgan fingerprint density at radius 2 is 1.75 bits per heavy atom. The first kappa shape index (κ1) is 20.0. The summed E-state index contributed by atoms with van der Waals surface area (Å²) < 4.78 is 5.59. The standard InChI is InChI=1S/C18H28N2O4/c1-11(2)10-24-14-7-5-13(6-8-14)9-15(18(22)23)20-17(21)16(19)12(3)4/h5-8,11-12,15-16H,9-10,19H2,1-4H3,(H,20,21)(H,22,23)/t15-,16-/m0/s1. The summed E-state index contributed by atoms with van der Waals surface area (Å²) in [6, 6.07) is 5.49. The van der Waals surface area contributed by atoms with Crippen molar-refractivity contribution >= 4 is 11.9 Å². The minimum Gasteiger partial charge on any atom is -0.493 e. The number of carbonyl (C=O) groups excluding carboxylic acids is 1. The van der Waals surface area contributed by atoms with Crippen LogP contribution in [0.5, 0.6) is 5.75 Å². The van der Waals surface area contributed by atoms with Crippen LogP contribution in [0.15, 0.2) is 24.3 Å². The smallest absolute Gasteiger partial charge is 0.326 e. The predicted octanol–water partition coefficient (Wildman–Crippen LogP) is 1.82. The van der Waals surface area contributed by atoms with E-state index in [0.717, 1.165) is 11.3 Å². The Labute approximate surface area is 143 Å². The van der Waals surface area contributed by atoms with E-state index in [1.807, 2.05) is 13.8 Å². The van der Waals surface area contributed by atoms with Crippen molar-refractivity contribution in [3.8, 4) is 5.75 Å². The zero-order chi connectivity index (χ0) is 18.3. The fraction of sp³-hybridized carbons (Fsp3) is 0.556. The SMILES string of the molecule is CC(C)COc1ccc(C[C@H](NC(=O)[C@@H](N)C(C)C)C(=O)O)cc1. The van der Waals surface area contributed by atoms with Crippen molar-refractivity contribution in [2.45, 2.75) is 46.2 Å². The Hall–Kier alpha value is -2.08. The van der Waals surface area contributed by atoms with Crippen LogP contribution in [0.3, 0.4) is 0 Å². The van der Waals surface area contributed by atoms with Gasteiger partial charge in [-0.3, -0.25) is 4.79 Å². The van der Waals surface area contributed by atoms with Crippen molar-refractivity contribution in [1.82, 2.24) is 5.32 Å². The molecule has 0 saturated heterocycles. The number of rotatable bonds is 9. The predicted molar refractivity (Wildman–Crippen MR) is 92.9 cm³/mol. The number of aliphatic carboxylic acids is 1. The molecule has 6 heteroatoms. The van der Waals surface area contributed by atoms with Crippen LogP contribution in [-0.2, 0) is 16.0 Å². The molecule has 0 bridgehead atoms. The molecule has 0 aliphatic rings. The van der Waals surface area contributed by atoms with Crippen LogP contribution in [0.1, 0.15) is 33.3 Å². The van der Waals surface area contributed by atoms with Gasteiger partial charge < -0.3 is 20.9 Å².